The number of esters is 1. The third-order valence-electron chi connectivity index (χ3n) is 5.56. The standard InChI is InChI=1S/C19H29NO3/c1-20-13-12-17(14-20)23-18(21)19(22,15-8-4-2-5-9-15)16-10-6-3-7-11-16/h4,8-9,16-17,22H,2-3,5-7,10-14H2,1H3. The Labute approximate surface area is 139 Å². The summed E-state index contributed by atoms with van der Waals surface area (Å²) in [6, 6.07) is 0. The molecule has 2 unspecified atom stereocenters. The summed E-state index contributed by atoms with van der Waals surface area (Å²) >= 11 is 0. The van der Waals surface area contributed by atoms with Gasteiger partial charge in [0.25, 0.3) is 0 Å². The van der Waals surface area contributed by atoms with Crippen LogP contribution in [-0.2, 0) is 9.53 Å². The maximum Gasteiger partial charge on any atom is 0.343 e. The van der Waals surface area contributed by atoms with Crippen molar-refractivity contribution >= 4 is 5.97 Å². The molecule has 0 spiro atoms. The molecule has 1 saturated heterocycles. The number of carbonyl (C=O) groups excluding carboxylic acids is 1. The Bertz CT molecular complexity index is 493. The molecule has 0 amide bonds. The highest BCUT2D eigenvalue weighted by Gasteiger charge is 2.48. The first kappa shape index (κ1) is 16.7. The first-order valence-electron chi connectivity index (χ1n) is 9.10. The molecule has 4 nitrogen and oxygen atoms in total. The quantitative estimate of drug-likeness (QED) is 0.810. The highest BCUT2D eigenvalue weighted by molar-refractivity contribution is 5.85. The molecule has 3 aliphatic rings. The van der Waals surface area contributed by atoms with Crippen molar-refractivity contribution in [2.75, 3.05) is 20.1 Å². The molecule has 128 valence electrons. The number of carbonyl (C=O) groups is 1. The monoisotopic (exact) mass is 319 g/mol. The summed E-state index contributed by atoms with van der Waals surface area (Å²) in [6.07, 6.45) is 13.8. The van der Waals surface area contributed by atoms with E-state index in [1.165, 1.54) is 6.42 Å². The van der Waals surface area contributed by atoms with E-state index in [0.717, 1.165) is 63.6 Å². The average Bonchev–Trinajstić information content (AvgIpc) is 3.00. The van der Waals surface area contributed by atoms with Crippen molar-refractivity contribution in [1.29, 1.82) is 0 Å². The number of ether oxygens (including phenoxy) is 1. The summed E-state index contributed by atoms with van der Waals surface area (Å²) in [5.74, 6) is -0.445. The fourth-order valence-electron chi connectivity index (χ4n) is 4.17. The van der Waals surface area contributed by atoms with Crippen molar-refractivity contribution in [2.45, 2.75) is 63.1 Å². The number of hydrogen-bond acceptors (Lipinski definition) is 4. The number of nitrogens with zero attached hydrogens (tertiary/aromatic N) is 1. The van der Waals surface area contributed by atoms with Crippen LogP contribution < -0.4 is 0 Å². The summed E-state index contributed by atoms with van der Waals surface area (Å²) in [7, 11) is 2.04. The minimum absolute atomic E-state index is 0.0168. The number of likely N-dealkylation sites (tertiary alicyclic amines) is 1. The first-order chi connectivity index (χ1) is 11.1. The summed E-state index contributed by atoms with van der Waals surface area (Å²) in [4.78, 5) is 15.1. The lowest BCUT2D eigenvalue weighted by Gasteiger charge is -2.38. The Balaban J connectivity index is 1.80. The van der Waals surface area contributed by atoms with E-state index in [0.29, 0.717) is 0 Å². The van der Waals surface area contributed by atoms with E-state index in [1.54, 1.807) is 0 Å². The van der Waals surface area contributed by atoms with Crippen LogP contribution in [0.15, 0.2) is 23.8 Å². The third-order valence-corrected chi connectivity index (χ3v) is 5.56. The van der Waals surface area contributed by atoms with Crippen molar-refractivity contribution in [2.24, 2.45) is 5.92 Å². The SMILES string of the molecule is CN1CCC(OC(=O)C(O)(C2=CCCC=C2)C2CCCCC2)C1. The molecule has 0 radical (unpaired) electrons. The zero-order valence-electron chi connectivity index (χ0n) is 14.2. The number of rotatable bonds is 4. The van der Waals surface area contributed by atoms with E-state index in [1.807, 2.05) is 19.2 Å². The predicted molar refractivity (Wildman–Crippen MR) is 90.0 cm³/mol. The van der Waals surface area contributed by atoms with Gasteiger partial charge in [-0.05, 0) is 44.7 Å². The molecule has 0 aromatic rings. The summed E-state index contributed by atoms with van der Waals surface area (Å²) in [6.45, 7) is 1.71. The van der Waals surface area contributed by atoms with Crippen LogP contribution in [0.1, 0.15) is 51.4 Å². The first-order valence-corrected chi connectivity index (χ1v) is 9.10. The topological polar surface area (TPSA) is 49.8 Å². The van der Waals surface area contributed by atoms with Gasteiger partial charge in [0.1, 0.15) is 6.10 Å². The van der Waals surface area contributed by atoms with Crippen LogP contribution in [0.2, 0.25) is 0 Å². The summed E-state index contributed by atoms with van der Waals surface area (Å²) in [5, 5.41) is 11.4. The van der Waals surface area contributed by atoms with Gasteiger partial charge in [0.15, 0.2) is 5.60 Å². The molecule has 4 heteroatoms. The van der Waals surface area contributed by atoms with Crippen LogP contribution in [0.25, 0.3) is 0 Å². The number of hydrogen-bond donors (Lipinski definition) is 1. The molecular weight excluding hydrogens is 290 g/mol. The highest BCUT2D eigenvalue weighted by Crippen LogP contribution is 2.40. The van der Waals surface area contributed by atoms with E-state index in [-0.39, 0.29) is 12.0 Å². The number of allylic oxidation sites excluding steroid dienone is 2. The zero-order chi connectivity index (χ0) is 16.3. The maximum absolute atomic E-state index is 13.0. The highest BCUT2D eigenvalue weighted by atomic mass is 16.6. The Hall–Kier alpha value is -1.13. The van der Waals surface area contributed by atoms with Crippen LogP contribution in [-0.4, -0.2) is 47.8 Å². The van der Waals surface area contributed by atoms with Gasteiger partial charge >= 0.3 is 5.97 Å². The molecule has 2 atom stereocenters. The van der Waals surface area contributed by atoms with Gasteiger partial charge in [0, 0.05) is 19.0 Å². The van der Waals surface area contributed by atoms with Gasteiger partial charge in [0.2, 0.25) is 0 Å². The lowest BCUT2D eigenvalue weighted by atomic mass is 9.72. The van der Waals surface area contributed by atoms with Gasteiger partial charge < -0.3 is 14.7 Å². The van der Waals surface area contributed by atoms with E-state index < -0.39 is 11.6 Å². The fraction of sp³-hybridized carbons (Fsp3) is 0.737. The summed E-state index contributed by atoms with van der Waals surface area (Å²) < 4.78 is 5.75. The second-order valence-electron chi connectivity index (χ2n) is 7.32. The summed E-state index contributed by atoms with van der Waals surface area (Å²) in [5.41, 5.74) is -0.703. The maximum atomic E-state index is 13.0. The Kier molecular flexibility index (Phi) is 5.22. The second kappa shape index (κ2) is 7.18. The van der Waals surface area contributed by atoms with E-state index in [4.69, 9.17) is 4.74 Å². The van der Waals surface area contributed by atoms with Crippen LogP contribution in [0.5, 0.6) is 0 Å². The molecular formula is C19H29NO3. The van der Waals surface area contributed by atoms with Crippen molar-refractivity contribution in [1.82, 2.24) is 4.90 Å². The number of aliphatic hydroxyl groups is 1. The Morgan fingerprint density at radius 2 is 2.04 bits per heavy atom. The van der Waals surface area contributed by atoms with Gasteiger partial charge in [-0.1, -0.05) is 37.5 Å². The molecule has 3 rings (SSSR count). The second-order valence-corrected chi connectivity index (χ2v) is 7.32. The predicted octanol–water partition coefficient (Wildman–Crippen LogP) is 2.82. The largest absolute Gasteiger partial charge is 0.459 e. The molecule has 1 aliphatic heterocycles. The van der Waals surface area contributed by atoms with E-state index >= 15 is 0 Å². The normalized spacial score (nSPS) is 29.1. The Morgan fingerprint density at radius 1 is 1.26 bits per heavy atom. The van der Waals surface area contributed by atoms with Crippen molar-refractivity contribution in [3.63, 3.8) is 0 Å². The lowest BCUT2D eigenvalue weighted by Crippen LogP contribution is -2.50. The van der Waals surface area contributed by atoms with Crippen molar-refractivity contribution in [3.8, 4) is 0 Å². The van der Waals surface area contributed by atoms with E-state index in [2.05, 4.69) is 11.0 Å². The molecule has 0 aromatic carbocycles. The molecule has 1 N–H and O–H groups in total. The smallest absolute Gasteiger partial charge is 0.343 e. The van der Waals surface area contributed by atoms with Crippen molar-refractivity contribution in [3.05, 3.63) is 23.8 Å². The third kappa shape index (κ3) is 3.53. The van der Waals surface area contributed by atoms with Crippen LogP contribution >= 0.6 is 0 Å². The Morgan fingerprint density at radius 3 is 2.65 bits per heavy atom. The van der Waals surface area contributed by atoms with E-state index in [9.17, 15) is 9.90 Å². The molecule has 1 saturated carbocycles. The van der Waals surface area contributed by atoms with Gasteiger partial charge in [-0.15, -0.1) is 0 Å². The van der Waals surface area contributed by atoms with Gasteiger partial charge in [0.05, 0.1) is 0 Å². The fourth-order valence-corrected chi connectivity index (χ4v) is 4.17. The van der Waals surface area contributed by atoms with Gasteiger partial charge in [-0.3, -0.25) is 0 Å². The minimum Gasteiger partial charge on any atom is -0.459 e. The minimum atomic E-state index is -1.46. The van der Waals surface area contributed by atoms with Gasteiger partial charge in [-0.25, -0.2) is 4.79 Å². The zero-order valence-corrected chi connectivity index (χ0v) is 14.2. The molecule has 2 fully saturated rings. The van der Waals surface area contributed by atoms with Crippen LogP contribution in [0.3, 0.4) is 0 Å². The molecule has 23 heavy (non-hydrogen) atoms. The number of likely N-dealkylation sites (N-methyl/N-ethyl adjacent to an activating group) is 1. The van der Waals surface area contributed by atoms with Crippen molar-refractivity contribution < 1.29 is 14.6 Å². The molecule has 2 aliphatic carbocycles. The van der Waals surface area contributed by atoms with Crippen LogP contribution in [0, 0.1) is 5.92 Å². The average molecular weight is 319 g/mol. The van der Waals surface area contributed by atoms with Gasteiger partial charge in [-0.2, -0.15) is 0 Å². The molecule has 1 heterocycles. The lowest BCUT2D eigenvalue weighted by molar-refractivity contribution is -0.172. The molecule has 0 aromatic heterocycles. The molecule has 0 bridgehead atoms. The van der Waals surface area contributed by atoms with Crippen LogP contribution in [0.4, 0.5) is 0 Å².